The number of carbonyl (C=O) groups excluding carboxylic acids is 1. The van der Waals surface area contributed by atoms with Gasteiger partial charge in [0.2, 0.25) is 0 Å². The van der Waals surface area contributed by atoms with Gasteiger partial charge in [-0.05, 0) is 26.8 Å². The van der Waals surface area contributed by atoms with Crippen molar-refractivity contribution in [1.82, 2.24) is 10.3 Å². The van der Waals surface area contributed by atoms with Gasteiger partial charge in [0.25, 0.3) is 0 Å². The topological polar surface area (TPSA) is 42.0 Å². The summed E-state index contributed by atoms with van der Waals surface area (Å²) in [6.45, 7) is 6.08. The zero-order valence-corrected chi connectivity index (χ0v) is 9.17. The zero-order valence-electron chi connectivity index (χ0n) is 9.17. The van der Waals surface area contributed by atoms with E-state index in [0.717, 1.165) is 6.20 Å². The summed E-state index contributed by atoms with van der Waals surface area (Å²) in [6.07, 6.45) is 2.45. The van der Waals surface area contributed by atoms with Crippen LogP contribution in [-0.4, -0.2) is 22.9 Å². The van der Waals surface area contributed by atoms with Crippen molar-refractivity contribution in [2.45, 2.75) is 26.3 Å². The molecule has 15 heavy (non-hydrogen) atoms. The first-order valence-electron chi connectivity index (χ1n) is 4.77. The highest BCUT2D eigenvalue weighted by Gasteiger charge is 2.13. The van der Waals surface area contributed by atoms with E-state index in [9.17, 15) is 9.18 Å². The Bertz CT molecular complexity index is 358. The summed E-state index contributed by atoms with van der Waals surface area (Å²) in [7, 11) is 0. The Labute approximate surface area is 88.7 Å². The number of nitrogens with zero attached hydrogens (tertiary/aromatic N) is 1. The molecule has 0 fully saturated rings. The molecule has 1 heterocycles. The van der Waals surface area contributed by atoms with Crippen LogP contribution in [0, 0.1) is 5.82 Å². The van der Waals surface area contributed by atoms with Crippen molar-refractivity contribution in [3.05, 3.63) is 29.8 Å². The molecule has 1 aromatic rings. The first-order chi connectivity index (χ1) is 6.88. The highest BCUT2D eigenvalue weighted by atomic mass is 19.1. The fraction of sp³-hybridized carbons (Fsp3) is 0.455. The summed E-state index contributed by atoms with van der Waals surface area (Å²) in [5.41, 5.74) is 0.169. The van der Waals surface area contributed by atoms with Crippen molar-refractivity contribution in [1.29, 1.82) is 0 Å². The van der Waals surface area contributed by atoms with Gasteiger partial charge in [-0.3, -0.25) is 9.78 Å². The molecule has 0 radical (unpaired) electrons. The van der Waals surface area contributed by atoms with Gasteiger partial charge < -0.3 is 5.32 Å². The number of ketones is 1. The largest absolute Gasteiger partial charge is 0.305 e. The van der Waals surface area contributed by atoms with Crippen molar-refractivity contribution in [3.8, 4) is 0 Å². The van der Waals surface area contributed by atoms with Gasteiger partial charge in [0.05, 0.1) is 12.7 Å². The van der Waals surface area contributed by atoms with Gasteiger partial charge in [-0.15, -0.1) is 0 Å². The molecule has 0 aliphatic rings. The summed E-state index contributed by atoms with van der Waals surface area (Å²) in [6, 6.07) is 1.19. The number of carbonyl (C=O) groups is 1. The van der Waals surface area contributed by atoms with E-state index >= 15 is 0 Å². The first-order valence-corrected chi connectivity index (χ1v) is 4.77. The molecule has 0 amide bonds. The minimum absolute atomic E-state index is 0.129. The third-order valence-corrected chi connectivity index (χ3v) is 1.81. The van der Waals surface area contributed by atoms with E-state index in [4.69, 9.17) is 0 Å². The monoisotopic (exact) mass is 210 g/mol. The van der Waals surface area contributed by atoms with Crippen LogP contribution >= 0.6 is 0 Å². The zero-order chi connectivity index (χ0) is 11.5. The average Bonchev–Trinajstić information content (AvgIpc) is 2.13. The van der Waals surface area contributed by atoms with Gasteiger partial charge in [-0.2, -0.15) is 0 Å². The molecule has 0 unspecified atom stereocenters. The third-order valence-electron chi connectivity index (χ3n) is 1.81. The predicted molar refractivity (Wildman–Crippen MR) is 56.3 cm³/mol. The molecule has 1 aromatic heterocycles. The molecule has 0 aromatic carbocycles. The van der Waals surface area contributed by atoms with E-state index in [2.05, 4.69) is 10.3 Å². The number of aromatic nitrogens is 1. The SMILES string of the molecule is CC(C)(C)NCC(=O)c1cncc(F)c1. The number of hydrogen-bond donors (Lipinski definition) is 1. The molecule has 0 bridgehead atoms. The smallest absolute Gasteiger partial charge is 0.178 e. The minimum Gasteiger partial charge on any atom is -0.305 e. The van der Waals surface area contributed by atoms with Crippen molar-refractivity contribution in [2.24, 2.45) is 0 Å². The molecule has 0 aliphatic heterocycles. The number of Topliss-reactive ketones (excluding diaryl/α,β-unsaturated/α-hetero) is 1. The summed E-state index contributed by atoms with van der Waals surface area (Å²) < 4.78 is 12.8. The van der Waals surface area contributed by atoms with E-state index in [1.54, 1.807) is 0 Å². The van der Waals surface area contributed by atoms with Crippen LogP contribution in [0.3, 0.4) is 0 Å². The molecule has 1 N–H and O–H groups in total. The molecule has 3 nitrogen and oxygen atoms in total. The lowest BCUT2D eigenvalue weighted by molar-refractivity contribution is 0.0981. The Hall–Kier alpha value is -1.29. The Morgan fingerprint density at radius 1 is 1.47 bits per heavy atom. The van der Waals surface area contributed by atoms with Gasteiger partial charge in [0, 0.05) is 17.3 Å². The van der Waals surface area contributed by atoms with Crippen LogP contribution in [-0.2, 0) is 0 Å². The molecule has 0 saturated carbocycles. The van der Waals surface area contributed by atoms with Gasteiger partial charge >= 0.3 is 0 Å². The number of hydrogen-bond acceptors (Lipinski definition) is 3. The van der Waals surface area contributed by atoms with E-state index in [-0.39, 0.29) is 17.9 Å². The Morgan fingerprint density at radius 2 is 2.13 bits per heavy atom. The molecule has 4 heteroatoms. The highest BCUT2D eigenvalue weighted by Crippen LogP contribution is 2.03. The van der Waals surface area contributed by atoms with Crippen LogP contribution in [0.5, 0.6) is 0 Å². The third kappa shape index (κ3) is 4.16. The molecule has 1 rings (SSSR count). The van der Waals surface area contributed by atoms with Crippen molar-refractivity contribution < 1.29 is 9.18 Å². The lowest BCUT2D eigenvalue weighted by Crippen LogP contribution is -2.39. The molecule has 0 spiro atoms. The Balaban J connectivity index is 2.62. The van der Waals surface area contributed by atoms with E-state index in [1.807, 2.05) is 20.8 Å². The van der Waals surface area contributed by atoms with Gasteiger partial charge in [-0.25, -0.2) is 4.39 Å². The summed E-state index contributed by atoms with van der Waals surface area (Å²) >= 11 is 0. The van der Waals surface area contributed by atoms with E-state index in [1.165, 1.54) is 12.3 Å². The maximum absolute atomic E-state index is 12.8. The second kappa shape index (κ2) is 4.49. The van der Waals surface area contributed by atoms with Crippen LogP contribution in [0.1, 0.15) is 31.1 Å². The quantitative estimate of drug-likeness (QED) is 0.773. The number of pyridine rings is 1. The number of rotatable bonds is 3. The normalized spacial score (nSPS) is 11.5. The summed E-state index contributed by atoms with van der Waals surface area (Å²) in [4.78, 5) is 15.2. The van der Waals surface area contributed by atoms with Crippen molar-refractivity contribution >= 4 is 5.78 Å². The lowest BCUT2D eigenvalue weighted by Gasteiger charge is -2.19. The summed E-state index contributed by atoms with van der Waals surface area (Å²) in [5.74, 6) is -0.645. The van der Waals surface area contributed by atoms with Crippen molar-refractivity contribution in [3.63, 3.8) is 0 Å². The van der Waals surface area contributed by atoms with E-state index in [0.29, 0.717) is 5.56 Å². The van der Waals surface area contributed by atoms with Gasteiger partial charge in [-0.1, -0.05) is 0 Å². The molecule has 0 aliphatic carbocycles. The molecule has 0 saturated heterocycles. The fourth-order valence-corrected chi connectivity index (χ4v) is 1.01. The van der Waals surface area contributed by atoms with Crippen LogP contribution in [0.2, 0.25) is 0 Å². The van der Waals surface area contributed by atoms with Crippen molar-refractivity contribution in [2.75, 3.05) is 6.54 Å². The van der Waals surface area contributed by atoms with Crippen LogP contribution in [0.15, 0.2) is 18.5 Å². The Kier molecular flexibility index (Phi) is 3.52. The van der Waals surface area contributed by atoms with Gasteiger partial charge in [0.15, 0.2) is 5.78 Å². The average molecular weight is 210 g/mol. The number of nitrogens with one attached hydrogen (secondary N) is 1. The highest BCUT2D eigenvalue weighted by molar-refractivity contribution is 5.97. The Morgan fingerprint density at radius 3 is 2.67 bits per heavy atom. The van der Waals surface area contributed by atoms with Gasteiger partial charge in [0.1, 0.15) is 5.82 Å². The van der Waals surface area contributed by atoms with E-state index < -0.39 is 5.82 Å². The fourth-order valence-electron chi connectivity index (χ4n) is 1.01. The number of halogens is 1. The lowest BCUT2D eigenvalue weighted by atomic mass is 10.1. The maximum Gasteiger partial charge on any atom is 0.178 e. The predicted octanol–water partition coefficient (Wildman–Crippen LogP) is 1.79. The molecule has 82 valence electrons. The van der Waals surface area contributed by atoms with Crippen LogP contribution < -0.4 is 5.32 Å². The first kappa shape index (κ1) is 11.8. The molecule has 0 atom stereocenters. The second-order valence-corrected chi connectivity index (χ2v) is 4.42. The molecular formula is C11H15FN2O. The van der Waals surface area contributed by atoms with Crippen LogP contribution in [0.4, 0.5) is 4.39 Å². The molecular weight excluding hydrogens is 195 g/mol. The minimum atomic E-state index is -0.489. The summed E-state index contributed by atoms with van der Waals surface area (Å²) in [5, 5.41) is 3.04. The standard InChI is InChI=1S/C11H15FN2O/c1-11(2,3)14-7-10(15)8-4-9(12)6-13-5-8/h4-6,14H,7H2,1-3H3. The van der Waals surface area contributed by atoms with Crippen LogP contribution in [0.25, 0.3) is 0 Å². The second-order valence-electron chi connectivity index (χ2n) is 4.42. The maximum atomic E-state index is 12.8.